The van der Waals surface area contributed by atoms with E-state index >= 15 is 0 Å². The van der Waals surface area contributed by atoms with Gasteiger partial charge in [0.25, 0.3) is 5.56 Å². The Labute approximate surface area is 103 Å². The molecule has 1 saturated heterocycles. The fourth-order valence-electron chi connectivity index (χ4n) is 2.10. The molecule has 1 aromatic heterocycles. The smallest absolute Gasteiger partial charge is 0.260 e. The number of ether oxygens (including phenoxy) is 1. The van der Waals surface area contributed by atoms with Gasteiger partial charge in [-0.2, -0.15) is 0 Å². The van der Waals surface area contributed by atoms with E-state index in [-0.39, 0.29) is 5.56 Å². The zero-order chi connectivity index (χ0) is 12.5. The van der Waals surface area contributed by atoms with Crippen molar-refractivity contribution in [3.63, 3.8) is 0 Å². The van der Waals surface area contributed by atoms with Gasteiger partial charge in [-0.3, -0.25) is 9.78 Å². The van der Waals surface area contributed by atoms with Gasteiger partial charge in [0, 0.05) is 13.1 Å². The number of fused-ring (bicyclic) bond motifs is 1. The van der Waals surface area contributed by atoms with Gasteiger partial charge in [-0.1, -0.05) is 6.07 Å². The predicted octanol–water partition coefficient (Wildman–Crippen LogP) is 0.342. The van der Waals surface area contributed by atoms with Crippen LogP contribution < -0.4 is 16.2 Å². The number of para-hydroxylation sites is 1. The molecule has 0 radical (unpaired) electrons. The summed E-state index contributed by atoms with van der Waals surface area (Å²) < 4.78 is 5.28. The minimum Gasteiger partial charge on any atom is -0.397 e. The fourth-order valence-corrected chi connectivity index (χ4v) is 2.10. The number of rotatable bonds is 1. The first-order valence-electron chi connectivity index (χ1n) is 5.87. The third-order valence-corrected chi connectivity index (χ3v) is 3.07. The van der Waals surface area contributed by atoms with Gasteiger partial charge in [-0.25, -0.2) is 4.98 Å². The number of nitrogens with two attached hydrogens (primary N) is 1. The highest BCUT2D eigenvalue weighted by Crippen LogP contribution is 2.18. The first-order valence-corrected chi connectivity index (χ1v) is 5.87. The van der Waals surface area contributed by atoms with Crippen molar-refractivity contribution < 1.29 is 4.74 Å². The SMILES string of the molecule is Nc1cccc2c(=O)[nH]c(N3CCOCC3)nc12. The maximum absolute atomic E-state index is 12.0. The van der Waals surface area contributed by atoms with Crippen molar-refractivity contribution in [2.45, 2.75) is 0 Å². The number of aromatic nitrogens is 2. The van der Waals surface area contributed by atoms with Gasteiger partial charge < -0.3 is 15.4 Å². The molecular weight excluding hydrogens is 232 g/mol. The van der Waals surface area contributed by atoms with Crippen LogP contribution in [0.15, 0.2) is 23.0 Å². The lowest BCUT2D eigenvalue weighted by Crippen LogP contribution is -2.38. The number of aromatic amines is 1. The molecule has 6 heteroatoms. The van der Waals surface area contributed by atoms with Crippen LogP contribution >= 0.6 is 0 Å². The Kier molecular flexibility index (Phi) is 2.64. The van der Waals surface area contributed by atoms with Crippen molar-refractivity contribution in [1.29, 1.82) is 0 Å². The number of nitrogens with one attached hydrogen (secondary N) is 1. The van der Waals surface area contributed by atoms with E-state index in [1.807, 2.05) is 4.90 Å². The van der Waals surface area contributed by atoms with Gasteiger partial charge >= 0.3 is 0 Å². The molecule has 6 nitrogen and oxygen atoms in total. The topological polar surface area (TPSA) is 84.2 Å². The molecule has 2 aromatic rings. The number of morpholine rings is 1. The Hall–Kier alpha value is -2.08. The Morgan fingerprint density at radius 2 is 2.11 bits per heavy atom. The molecule has 18 heavy (non-hydrogen) atoms. The number of benzene rings is 1. The molecule has 2 heterocycles. The Balaban J connectivity index is 2.14. The summed E-state index contributed by atoms with van der Waals surface area (Å²) in [4.78, 5) is 21.2. The Morgan fingerprint density at radius 1 is 1.33 bits per heavy atom. The van der Waals surface area contributed by atoms with E-state index in [0.717, 1.165) is 13.1 Å². The van der Waals surface area contributed by atoms with Gasteiger partial charge in [0.1, 0.15) is 5.52 Å². The van der Waals surface area contributed by atoms with Crippen LogP contribution in [-0.2, 0) is 4.74 Å². The molecular formula is C12H14N4O2. The standard InChI is InChI=1S/C12H14N4O2/c13-9-3-1-2-8-10(9)14-12(15-11(8)17)16-4-6-18-7-5-16/h1-3H,4-7,13H2,(H,14,15,17). The summed E-state index contributed by atoms with van der Waals surface area (Å²) >= 11 is 0. The molecule has 0 aliphatic carbocycles. The number of anilines is 2. The lowest BCUT2D eigenvalue weighted by molar-refractivity contribution is 0.122. The summed E-state index contributed by atoms with van der Waals surface area (Å²) in [5.74, 6) is 0.564. The molecule has 1 aliphatic heterocycles. The summed E-state index contributed by atoms with van der Waals surface area (Å²) in [6.45, 7) is 2.74. The fraction of sp³-hybridized carbons (Fsp3) is 0.333. The molecule has 3 N–H and O–H groups in total. The van der Waals surface area contributed by atoms with Crippen LogP contribution in [0.25, 0.3) is 10.9 Å². The van der Waals surface area contributed by atoms with E-state index in [2.05, 4.69) is 9.97 Å². The molecule has 0 atom stereocenters. The van der Waals surface area contributed by atoms with Crippen molar-refractivity contribution in [2.75, 3.05) is 36.9 Å². The summed E-state index contributed by atoms with van der Waals surface area (Å²) in [6, 6.07) is 5.22. The highest BCUT2D eigenvalue weighted by Gasteiger charge is 2.15. The van der Waals surface area contributed by atoms with E-state index in [1.54, 1.807) is 18.2 Å². The zero-order valence-electron chi connectivity index (χ0n) is 9.85. The normalized spacial score (nSPS) is 16.1. The van der Waals surface area contributed by atoms with E-state index in [9.17, 15) is 4.79 Å². The molecule has 0 saturated carbocycles. The third kappa shape index (κ3) is 1.80. The molecule has 94 valence electrons. The first-order chi connectivity index (χ1) is 8.75. The van der Waals surface area contributed by atoms with Gasteiger partial charge in [0.2, 0.25) is 5.95 Å². The molecule has 1 aliphatic rings. The second-order valence-electron chi connectivity index (χ2n) is 4.23. The van der Waals surface area contributed by atoms with Gasteiger partial charge in [-0.05, 0) is 12.1 Å². The van der Waals surface area contributed by atoms with Crippen LogP contribution in [0.5, 0.6) is 0 Å². The van der Waals surface area contributed by atoms with Crippen molar-refractivity contribution in [1.82, 2.24) is 9.97 Å². The maximum Gasteiger partial charge on any atom is 0.260 e. The molecule has 0 unspecified atom stereocenters. The molecule has 0 amide bonds. The minimum absolute atomic E-state index is 0.159. The molecule has 1 aromatic carbocycles. The number of nitrogen functional groups attached to an aromatic ring is 1. The van der Waals surface area contributed by atoms with Crippen LogP contribution in [0.4, 0.5) is 11.6 Å². The molecule has 3 rings (SSSR count). The molecule has 0 bridgehead atoms. The zero-order valence-corrected chi connectivity index (χ0v) is 9.85. The lowest BCUT2D eigenvalue weighted by atomic mass is 10.2. The first kappa shape index (κ1) is 11.0. The highest BCUT2D eigenvalue weighted by molar-refractivity contribution is 5.89. The summed E-state index contributed by atoms with van der Waals surface area (Å²) in [5.41, 5.74) is 6.79. The van der Waals surface area contributed by atoms with Crippen LogP contribution in [0.2, 0.25) is 0 Å². The van der Waals surface area contributed by atoms with Crippen LogP contribution in [-0.4, -0.2) is 36.3 Å². The van der Waals surface area contributed by atoms with Gasteiger partial charge in [0.05, 0.1) is 24.3 Å². The van der Waals surface area contributed by atoms with Crippen LogP contribution in [0.3, 0.4) is 0 Å². The Morgan fingerprint density at radius 3 is 2.89 bits per heavy atom. The van der Waals surface area contributed by atoms with Crippen molar-refractivity contribution >= 4 is 22.5 Å². The van der Waals surface area contributed by atoms with Crippen molar-refractivity contribution in [3.8, 4) is 0 Å². The third-order valence-electron chi connectivity index (χ3n) is 3.07. The van der Waals surface area contributed by atoms with E-state index in [0.29, 0.717) is 35.8 Å². The second kappa shape index (κ2) is 4.30. The number of hydrogen-bond acceptors (Lipinski definition) is 5. The predicted molar refractivity (Wildman–Crippen MR) is 69.8 cm³/mol. The minimum atomic E-state index is -0.159. The average Bonchev–Trinajstić information content (AvgIpc) is 2.41. The number of hydrogen-bond donors (Lipinski definition) is 2. The van der Waals surface area contributed by atoms with E-state index in [1.165, 1.54) is 0 Å². The van der Waals surface area contributed by atoms with Gasteiger partial charge in [0.15, 0.2) is 0 Å². The van der Waals surface area contributed by atoms with Crippen LogP contribution in [0, 0.1) is 0 Å². The van der Waals surface area contributed by atoms with Crippen molar-refractivity contribution in [3.05, 3.63) is 28.6 Å². The average molecular weight is 246 g/mol. The largest absolute Gasteiger partial charge is 0.397 e. The summed E-state index contributed by atoms with van der Waals surface area (Å²) in [6.07, 6.45) is 0. The lowest BCUT2D eigenvalue weighted by Gasteiger charge is -2.27. The quantitative estimate of drug-likeness (QED) is 0.709. The van der Waals surface area contributed by atoms with Gasteiger partial charge in [-0.15, -0.1) is 0 Å². The Bertz CT molecular complexity index is 632. The molecule has 1 fully saturated rings. The van der Waals surface area contributed by atoms with Crippen molar-refractivity contribution in [2.24, 2.45) is 0 Å². The second-order valence-corrected chi connectivity index (χ2v) is 4.23. The molecule has 0 spiro atoms. The van der Waals surface area contributed by atoms with Crippen LogP contribution in [0.1, 0.15) is 0 Å². The highest BCUT2D eigenvalue weighted by atomic mass is 16.5. The number of nitrogens with zero attached hydrogens (tertiary/aromatic N) is 2. The van der Waals surface area contributed by atoms with E-state index in [4.69, 9.17) is 10.5 Å². The van der Waals surface area contributed by atoms with E-state index < -0.39 is 0 Å². The maximum atomic E-state index is 12.0. The monoisotopic (exact) mass is 246 g/mol. The summed E-state index contributed by atoms with van der Waals surface area (Å²) in [7, 11) is 0. The summed E-state index contributed by atoms with van der Waals surface area (Å²) in [5, 5.41) is 0.520. The number of H-pyrrole nitrogens is 1.